The van der Waals surface area contributed by atoms with E-state index in [0.717, 1.165) is 25.7 Å². The van der Waals surface area contributed by atoms with Gasteiger partial charge in [-0.2, -0.15) is 0 Å². The summed E-state index contributed by atoms with van der Waals surface area (Å²) in [5.41, 5.74) is 1.07. The molecule has 1 heterocycles. The van der Waals surface area contributed by atoms with Crippen molar-refractivity contribution in [2.24, 2.45) is 5.92 Å². The van der Waals surface area contributed by atoms with Crippen LogP contribution in [0.5, 0.6) is 5.75 Å². The van der Waals surface area contributed by atoms with E-state index in [0.29, 0.717) is 17.0 Å². The Morgan fingerprint density at radius 1 is 1.00 bits per heavy atom. The van der Waals surface area contributed by atoms with E-state index >= 15 is 0 Å². The first-order valence-corrected chi connectivity index (χ1v) is 9.97. The number of nitrogens with zero attached hydrogens (tertiary/aromatic N) is 2. The zero-order valence-electron chi connectivity index (χ0n) is 16.4. The van der Waals surface area contributed by atoms with Crippen LogP contribution in [-0.2, 0) is 4.79 Å². The van der Waals surface area contributed by atoms with E-state index < -0.39 is 6.03 Å². The molecule has 6 heteroatoms. The van der Waals surface area contributed by atoms with Crippen LogP contribution >= 0.6 is 0 Å². The second kappa shape index (κ2) is 8.07. The number of para-hydroxylation sites is 1. The normalized spacial score (nSPS) is 21.7. The van der Waals surface area contributed by atoms with Crippen molar-refractivity contribution < 1.29 is 19.1 Å². The highest BCUT2D eigenvalue weighted by Crippen LogP contribution is 2.36. The van der Waals surface area contributed by atoms with Gasteiger partial charge in [-0.1, -0.05) is 31.0 Å². The third kappa shape index (κ3) is 3.62. The van der Waals surface area contributed by atoms with Gasteiger partial charge in [0.15, 0.2) is 5.78 Å². The molecule has 0 spiro atoms. The molecular weight excluding hydrogens is 368 g/mol. The summed E-state index contributed by atoms with van der Waals surface area (Å²) < 4.78 is 5.14. The van der Waals surface area contributed by atoms with Crippen LogP contribution in [-0.4, -0.2) is 42.3 Å². The first-order chi connectivity index (χ1) is 14.1. The van der Waals surface area contributed by atoms with Crippen LogP contribution in [0.1, 0.15) is 36.0 Å². The summed E-state index contributed by atoms with van der Waals surface area (Å²) in [6.07, 6.45) is 3.41. The molecule has 2 aromatic rings. The fourth-order valence-corrected chi connectivity index (χ4v) is 4.33. The van der Waals surface area contributed by atoms with E-state index in [9.17, 15) is 14.4 Å². The lowest BCUT2D eigenvalue weighted by Gasteiger charge is -2.46. The van der Waals surface area contributed by atoms with Gasteiger partial charge in [-0.15, -0.1) is 0 Å². The average molecular weight is 392 g/mol. The Balaban J connectivity index is 1.63. The molecule has 2 unspecified atom stereocenters. The second-order valence-electron chi connectivity index (χ2n) is 7.53. The Kier molecular flexibility index (Phi) is 5.34. The molecule has 2 fully saturated rings. The summed E-state index contributed by atoms with van der Waals surface area (Å²) in [5, 5.41) is 0. The molecule has 1 saturated carbocycles. The van der Waals surface area contributed by atoms with E-state index in [4.69, 9.17) is 4.74 Å². The predicted molar refractivity (Wildman–Crippen MR) is 109 cm³/mol. The Hall–Kier alpha value is -3.15. The van der Waals surface area contributed by atoms with Gasteiger partial charge < -0.3 is 9.64 Å². The third-order valence-electron chi connectivity index (χ3n) is 5.84. The molecule has 0 N–H and O–H groups in total. The van der Waals surface area contributed by atoms with Crippen molar-refractivity contribution in [3.63, 3.8) is 0 Å². The molecule has 6 nitrogen and oxygen atoms in total. The van der Waals surface area contributed by atoms with Crippen LogP contribution < -0.4 is 9.64 Å². The van der Waals surface area contributed by atoms with Crippen LogP contribution in [0.25, 0.3) is 0 Å². The van der Waals surface area contributed by atoms with Crippen molar-refractivity contribution in [3.8, 4) is 5.75 Å². The van der Waals surface area contributed by atoms with E-state index in [-0.39, 0.29) is 30.2 Å². The summed E-state index contributed by atoms with van der Waals surface area (Å²) in [6, 6.07) is 15.2. The molecule has 0 aromatic heterocycles. The van der Waals surface area contributed by atoms with Crippen LogP contribution in [0.4, 0.5) is 10.5 Å². The fraction of sp³-hybridized carbons (Fsp3) is 0.348. The molecule has 1 aliphatic carbocycles. The van der Waals surface area contributed by atoms with E-state index in [2.05, 4.69) is 0 Å². The number of ether oxygens (including phenoxy) is 1. The van der Waals surface area contributed by atoms with Crippen molar-refractivity contribution in [2.75, 3.05) is 18.6 Å². The molecule has 0 radical (unpaired) electrons. The van der Waals surface area contributed by atoms with E-state index in [1.807, 2.05) is 6.07 Å². The Morgan fingerprint density at radius 2 is 1.69 bits per heavy atom. The van der Waals surface area contributed by atoms with Gasteiger partial charge in [0.1, 0.15) is 5.75 Å². The molecule has 1 aliphatic heterocycles. The number of hydrogen-bond acceptors (Lipinski definition) is 4. The highest BCUT2D eigenvalue weighted by Gasteiger charge is 2.47. The maximum absolute atomic E-state index is 13.3. The summed E-state index contributed by atoms with van der Waals surface area (Å²) in [4.78, 5) is 42.2. The van der Waals surface area contributed by atoms with Gasteiger partial charge in [0.25, 0.3) is 0 Å². The smallest absolute Gasteiger partial charge is 0.332 e. The number of hydrogen-bond donors (Lipinski definition) is 0. The van der Waals surface area contributed by atoms with Crippen LogP contribution in [0.2, 0.25) is 0 Å². The van der Waals surface area contributed by atoms with Crippen LogP contribution in [0.15, 0.2) is 54.6 Å². The SMILES string of the molecule is COc1ccc(C(=O)CN2C(=O)N(c3ccccc3)C(=O)C3CCCCC32)cc1. The first-order valence-electron chi connectivity index (χ1n) is 9.97. The standard InChI is InChI=1S/C23H24N2O4/c1-29-18-13-11-16(12-14-18)21(26)15-24-20-10-6-5-9-19(20)22(27)25(23(24)28)17-7-3-2-4-8-17/h2-4,7-8,11-14,19-20H,5-6,9-10,15H2,1H3. The summed E-state index contributed by atoms with van der Waals surface area (Å²) in [6.45, 7) is -0.0387. The molecule has 150 valence electrons. The van der Waals surface area contributed by atoms with Gasteiger partial charge >= 0.3 is 6.03 Å². The van der Waals surface area contributed by atoms with Crippen LogP contribution in [0.3, 0.4) is 0 Å². The topological polar surface area (TPSA) is 66.9 Å². The van der Waals surface area contributed by atoms with Crippen molar-refractivity contribution in [1.29, 1.82) is 0 Å². The lowest BCUT2D eigenvalue weighted by molar-refractivity contribution is -0.126. The number of urea groups is 1. The van der Waals surface area contributed by atoms with Gasteiger partial charge in [0, 0.05) is 11.6 Å². The largest absolute Gasteiger partial charge is 0.497 e. The van der Waals surface area contributed by atoms with Gasteiger partial charge in [-0.25, -0.2) is 9.69 Å². The molecule has 29 heavy (non-hydrogen) atoms. The molecule has 4 rings (SSSR count). The van der Waals surface area contributed by atoms with Crippen molar-refractivity contribution in [2.45, 2.75) is 31.7 Å². The number of carbonyl (C=O) groups excluding carboxylic acids is 3. The van der Waals surface area contributed by atoms with Crippen molar-refractivity contribution >= 4 is 23.4 Å². The molecular formula is C23H24N2O4. The number of anilines is 1. The number of imide groups is 1. The molecule has 0 bridgehead atoms. The number of Topliss-reactive ketones (excluding diaryl/α,β-unsaturated/α-hetero) is 1. The summed E-state index contributed by atoms with van der Waals surface area (Å²) in [5.74, 6) is 0.112. The number of methoxy groups -OCH3 is 1. The van der Waals surface area contributed by atoms with E-state index in [1.54, 1.807) is 60.5 Å². The third-order valence-corrected chi connectivity index (χ3v) is 5.84. The quantitative estimate of drug-likeness (QED) is 0.724. The predicted octanol–water partition coefficient (Wildman–Crippen LogP) is 3.91. The number of amides is 3. The number of benzene rings is 2. The van der Waals surface area contributed by atoms with Gasteiger partial charge in [-0.3, -0.25) is 9.59 Å². The Bertz CT molecular complexity index is 910. The fourth-order valence-electron chi connectivity index (χ4n) is 4.33. The molecule has 2 aromatic carbocycles. The lowest BCUT2D eigenvalue weighted by atomic mass is 9.81. The molecule has 1 saturated heterocycles. The minimum absolute atomic E-state index is 0.0387. The van der Waals surface area contributed by atoms with E-state index in [1.165, 1.54) is 4.90 Å². The highest BCUT2D eigenvalue weighted by molar-refractivity contribution is 6.17. The zero-order valence-corrected chi connectivity index (χ0v) is 16.4. The Labute approximate surface area is 170 Å². The molecule has 3 amide bonds. The number of ketones is 1. The second-order valence-corrected chi connectivity index (χ2v) is 7.53. The first kappa shape index (κ1) is 19.2. The summed E-state index contributed by atoms with van der Waals surface area (Å²) in [7, 11) is 1.57. The monoisotopic (exact) mass is 392 g/mol. The van der Waals surface area contributed by atoms with Crippen molar-refractivity contribution in [3.05, 3.63) is 60.2 Å². The molecule has 2 aliphatic rings. The van der Waals surface area contributed by atoms with Crippen molar-refractivity contribution in [1.82, 2.24) is 4.90 Å². The van der Waals surface area contributed by atoms with Gasteiger partial charge in [0.05, 0.1) is 25.3 Å². The zero-order chi connectivity index (χ0) is 20.4. The van der Waals surface area contributed by atoms with Gasteiger partial charge in [-0.05, 0) is 49.2 Å². The summed E-state index contributed by atoms with van der Waals surface area (Å²) >= 11 is 0. The molecule has 2 atom stereocenters. The number of rotatable bonds is 5. The minimum Gasteiger partial charge on any atom is -0.497 e. The maximum atomic E-state index is 13.3. The van der Waals surface area contributed by atoms with Gasteiger partial charge in [0.2, 0.25) is 5.91 Å². The minimum atomic E-state index is -0.411. The lowest BCUT2D eigenvalue weighted by Crippen LogP contribution is -2.63. The van der Waals surface area contributed by atoms with Crippen LogP contribution in [0, 0.1) is 5.92 Å². The number of carbonyl (C=O) groups is 3. The average Bonchev–Trinajstić information content (AvgIpc) is 2.77. The number of fused-ring (bicyclic) bond motifs is 1. The maximum Gasteiger partial charge on any atom is 0.332 e. The Morgan fingerprint density at radius 3 is 2.38 bits per heavy atom. The highest BCUT2D eigenvalue weighted by atomic mass is 16.5.